The van der Waals surface area contributed by atoms with E-state index in [-0.39, 0.29) is 17.2 Å². The Morgan fingerprint density at radius 2 is 1.91 bits per heavy atom. The first-order chi connectivity index (χ1) is 10.1. The lowest BCUT2D eigenvalue weighted by atomic mass is 10.2. The molecular weight excluding hydrogens is 409 g/mol. The average molecular weight is 433 g/mol. The van der Waals surface area contributed by atoms with Crippen molar-refractivity contribution in [1.82, 2.24) is 0 Å². The van der Waals surface area contributed by atoms with E-state index in [1.807, 2.05) is 24.3 Å². The molecule has 0 bridgehead atoms. The molecule has 0 spiro atoms. The molecule has 0 aromatic heterocycles. The maximum absolute atomic E-state index is 12.0. The Balaban J connectivity index is 1.97. The Bertz CT molecular complexity index is 539. The van der Waals surface area contributed by atoms with Gasteiger partial charge in [0.1, 0.15) is 6.10 Å². The molecule has 1 aliphatic heterocycles. The van der Waals surface area contributed by atoms with Crippen molar-refractivity contribution < 1.29 is 14.0 Å². The van der Waals surface area contributed by atoms with Gasteiger partial charge in [0.05, 0.1) is 13.2 Å². The first kappa shape index (κ1) is 17.7. The number of hydrogen-bond donors (Lipinski definition) is 0. The van der Waals surface area contributed by atoms with E-state index in [9.17, 15) is 4.79 Å². The predicted octanol–water partition coefficient (Wildman–Crippen LogP) is 4.64. The molecule has 0 N–H and O–H groups in total. The summed E-state index contributed by atoms with van der Waals surface area (Å²) in [6.07, 6.45) is -0.481. The van der Waals surface area contributed by atoms with Gasteiger partial charge in [0.25, 0.3) is 0 Å². The van der Waals surface area contributed by atoms with Gasteiger partial charge in [0, 0.05) is 9.26 Å². The van der Waals surface area contributed by atoms with E-state index in [0.29, 0.717) is 13.2 Å². The molecule has 122 valence electrons. The van der Waals surface area contributed by atoms with Crippen LogP contribution in [0.4, 0.5) is 10.5 Å². The number of rotatable bonds is 4. The number of amides is 1. The van der Waals surface area contributed by atoms with Crippen LogP contribution in [-0.4, -0.2) is 33.7 Å². The van der Waals surface area contributed by atoms with Crippen LogP contribution in [-0.2, 0) is 9.16 Å². The molecule has 1 fully saturated rings. The zero-order chi connectivity index (χ0) is 16.5. The fourth-order valence-electron chi connectivity index (χ4n) is 1.96. The van der Waals surface area contributed by atoms with Gasteiger partial charge in [-0.05, 0) is 65.0 Å². The van der Waals surface area contributed by atoms with Crippen molar-refractivity contribution in [2.24, 2.45) is 0 Å². The number of halogens is 1. The van der Waals surface area contributed by atoms with Crippen LogP contribution in [0.25, 0.3) is 0 Å². The van der Waals surface area contributed by atoms with Gasteiger partial charge in [-0.2, -0.15) is 0 Å². The van der Waals surface area contributed by atoms with E-state index < -0.39 is 8.32 Å². The van der Waals surface area contributed by atoms with Crippen LogP contribution in [0.5, 0.6) is 0 Å². The van der Waals surface area contributed by atoms with E-state index in [2.05, 4.69) is 56.5 Å². The molecule has 1 heterocycles. The standard InChI is InChI=1S/C16H24INO3Si/c1-16(2,3)22(4,5)20-11-14-10-18(15(19)21-14)13-8-6-12(17)7-9-13/h6-9,14H,10-11H2,1-5H3. The van der Waals surface area contributed by atoms with Crippen LogP contribution in [0.1, 0.15) is 20.8 Å². The summed E-state index contributed by atoms with van der Waals surface area (Å²) in [7, 11) is -1.81. The van der Waals surface area contributed by atoms with Gasteiger partial charge in [0.2, 0.25) is 0 Å². The predicted molar refractivity (Wildman–Crippen MR) is 99.9 cm³/mol. The third-order valence-corrected chi connectivity index (χ3v) is 9.67. The van der Waals surface area contributed by atoms with Crippen molar-refractivity contribution >= 4 is 42.7 Å². The van der Waals surface area contributed by atoms with Crippen LogP contribution in [0, 0.1) is 3.57 Å². The largest absolute Gasteiger partial charge is 0.442 e. The molecule has 1 aromatic rings. The van der Waals surface area contributed by atoms with Crippen molar-refractivity contribution in [3.05, 3.63) is 27.8 Å². The molecule has 1 unspecified atom stereocenters. The topological polar surface area (TPSA) is 38.8 Å². The van der Waals surface area contributed by atoms with Gasteiger partial charge in [0.15, 0.2) is 8.32 Å². The summed E-state index contributed by atoms with van der Waals surface area (Å²) in [6, 6.07) is 7.87. The van der Waals surface area contributed by atoms with E-state index >= 15 is 0 Å². The lowest BCUT2D eigenvalue weighted by Gasteiger charge is -2.36. The first-order valence-corrected chi connectivity index (χ1v) is 11.5. The quantitative estimate of drug-likeness (QED) is 0.513. The lowest BCUT2D eigenvalue weighted by molar-refractivity contribution is 0.0997. The normalized spacial score (nSPS) is 19.5. The second-order valence-corrected chi connectivity index (χ2v) is 13.2. The zero-order valence-electron chi connectivity index (χ0n) is 13.9. The van der Waals surface area contributed by atoms with Gasteiger partial charge in [-0.1, -0.05) is 20.8 Å². The third kappa shape index (κ3) is 4.02. The SMILES string of the molecule is CC(C)(C)[Si](C)(C)OCC1CN(c2ccc(I)cc2)C(=O)O1. The number of ether oxygens (including phenoxy) is 1. The molecule has 0 radical (unpaired) electrons. The summed E-state index contributed by atoms with van der Waals surface area (Å²) in [5.41, 5.74) is 0.875. The van der Waals surface area contributed by atoms with Crippen molar-refractivity contribution in [3.8, 4) is 0 Å². The van der Waals surface area contributed by atoms with E-state index in [1.54, 1.807) is 4.90 Å². The molecule has 6 heteroatoms. The highest BCUT2D eigenvalue weighted by Gasteiger charge is 2.39. The second-order valence-electron chi connectivity index (χ2n) is 7.16. The first-order valence-electron chi connectivity index (χ1n) is 7.48. The number of carbonyl (C=O) groups is 1. The van der Waals surface area contributed by atoms with Crippen molar-refractivity contribution in [3.63, 3.8) is 0 Å². The van der Waals surface area contributed by atoms with Crippen molar-refractivity contribution in [2.45, 2.75) is 45.0 Å². The molecule has 0 saturated carbocycles. The molecule has 1 aliphatic rings. The Labute approximate surface area is 147 Å². The van der Waals surface area contributed by atoms with E-state index in [1.165, 1.54) is 0 Å². The highest BCUT2D eigenvalue weighted by Crippen LogP contribution is 2.37. The molecule has 1 saturated heterocycles. The van der Waals surface area contributed by atoms with Crippen LogP contribution in [0.2, 0.25) is 18.1 Å². The lowest BCUT2D eigenvalue weighted by Crippen LogP contribution is -2.43. The van der Waals surface area contributed by atoms with Gasteiger partial charge in [-0.25, -0.2) is 4.79 Å². The maximum atomic E-state index is 12.0. The van der Waals surface area contributed by atoms with Crippen molar-refractivity contribution in [2.75, 3.05) is 18.1 Å². The molecule has 4 nitrogen and oxygen atoms in total. The minimum Gasteiger partial charge on any atom is -0.442 e. The van der Waals surface area contributed by atoms with Gasteiger partial charge >= 0.3 is 6.09 Å². The number of hydrogen-bond acceptors (Lipinski definition) is 3. The number of carbonyl (C=O) groups excluding carboxylic acids is 1. The fraction of sp³-hybridized carbons (Fsp3) is 0.562. The zero-order valence-corrected chi connectivity index (χ0v) is 17.0. The van der Waals surface area contributed by atoms with Crippen molar-refractivity contribution in [1.29, 1.82) is 0 Å². The molecule has 1 aromatic carbocycles. The van der Waals surface area contributed by atoms with E-state index in [0.717, 1.165) is 9.26 Å². The van der Waals surface area contributed by atoms with Crippen LogP contribution in [0.3, 0.4) is 0 Å². The average Bonchev–Trinajstić information content (AvgIpc) is 2.77. The molecule has 0 aliphatic carbocycles. The number of anilines is 1. The summed E-state index contributed by atoms with van der Waals surface area (Å²) in [4.78, 5) is 13.7. The number of cyclic esters (lactones) is 1. The Hall–Kier alpha value is -0.603. The molecule has 1 amide bonds. The van der Waals surface area contributed by atoms with Crippen LogP contribution < -0.4 is 4.90 Å². The highest BCUT2D eigenvalue weighted by molar-refractivity contribution is 14.1. The van der Waals surface area contributed by atoms with Crippen LogP contribution >= 0.6 is 22.6 Å². The summed E-state index contributed by atoms with van der Waals surface area (Å²) < 4.78 is 12.8. The minimum absolute atomic E-state index is 0.158. The van der Waals surface area contributed by atoms with Crippen LogP contribution in [0.15, 0.2) is 24.3 Å². The van der Waals surface area contributed by atoms with Gasteiger partial charge in [-0.15, -0.1) is 0 Å². The molecular formula is C16H24INO3Si. The van der Waals surface area contributed by atoms with Gasteiger partial charge in [-0.3, -0.25) is 4.90 Å². The third-order valence-electron chi connectivity index (χ3n) is 4.45. The number of benzene rings is 1. The Kier molecular flexibility index (Phi) is 5.23. The maximum Gasteiger partial charge on any atom is 0.414 e. The monoisotopic (exact) mass is 433 g/mol. The molecule has 22 heavy (non-hydrogen) atoms. The second kappa shape index (κ2) is 6.49. The summed E-state index contributed by atoms with van der Waals surface area (Å²) >= 11 is 2.25. The number of nitrogens with zero attached hydrogens (tertiary/aromatic N) is 1. The molecule has 2 rings (SSSR count). The molecule has 1 atom stereocenters. The summed E-state index contributed by atoms with van der Waals surface area (Å²) in [5.74, 6) is 0. The summed E-state index contributed by atoms with van der Waals surface area (Å²) in [6.45, 7) is 12.1. The smallest absolute Gasteiger partial charge is 0.414 e. The van der Waals surface area contributed by atoms with Gasteiger partial charge < -0.3 is 9.16 Å². The Morgan fingerprint density at radius 1 is 1.32 bits per heavy atom. The summed E-state index contributed by atoms with van der Waals surface area (Å²) in [5, 5.41) is 0.158. The minimum atomic E-state index is -1.81. The van der Waals surface area contributed by atoms with E-state index in [4.69, 9.17) is 9.16 Å². The fourth-order valence-corrected chi connectivity index (χ4v) is 3.35. The highest BCUT2D eigenvalue weighted by atomic mass is 127. The Morgan fingerprint density at radius 3 is 2.45 bits per heavy atom.